The van der Waals surface area contributed by atoms with E-state index in [1.165, 1.54) is 12.1 Å². The van der Waals surface area contributed by atoms with E-state index >= 15 is 0 Å². The van der Waals surface area contributed by atoms with Crippen LogP contribution in [0.5, 0.6) is 0 Å². The van der Waals surface area contributed by atoms with Gasteiger partial charge in [0.25, 0.3) is 10.1 Å². The number of benzene rings is 1. The van der Waals surface area contributed by atoms with Crippen LogP contribution in [0.2, 0.25) is 0 Å². The Balaban J connectivity index is 0.000000362. The Morgan fingerprint density at radius 2 is 1.37 bits per heavy atom. The Bertz CT molecular complexity index is 444. The Morgan fingerprint density at radius 3 is 1.63 bits per heavy atom. The summed E-state index contributed by atoms with van der Waals surface area (Å²) in [6.07, 6.45) is 0.212. The number of hydrogen-bond acceptors (Lipinski definition) is 4. The van der Waals surface area contributed by atoms with Gasteiger partial charge in [-0.2, -0.15) is 8.42 Å². The third-order valence-corrected chi connectivity index (χ3v) is 3.47. The molecule has 2 atom stereocenters. The second kappa shape index (κ2) is 8.27. The molecule has 0 spiro atoms. The molecule has 0 fully saturated rings. The zero-order valence-corrected chi connectivity index (χ0v) is 12.3. The molecule has 2 unspecified atom stereocenters. The van der Waals surface area contributed by atoms with Crippen LogP contribution in [0.4, 0.5) is 0 Å². The average Bonchev–Trinajstić information content (AvgIpc) is 2.37. The van der Waals surface area contributed by atoms with Crippen molar-refractivity contribution in [2.75, 3.05) is 0 Å². The van der Waals surface area contributed by atoms with Crippen LogP contribution < -0.4 is 0 Å². The Morgan fingerprint density at radius 1 is 1.00 bits per heavy atom. The molecule has 1 aromatic rings. The smallest absolute Gasteiger partial charge is 0.294 e. The van der Waals surface area contributed by atoms with Crippen molar-refractivity contribution in [3.63, 3.8) is 0 Å². The van der Waals surface area contributed by atoms with E-state index in [4.69, 9.17) is 14.8 Å². The highest BCUT2D eigenvalue weighted by Crippen LogP contribution is 2.08. The van der Waals surface area contributed by atoms with Gasteiger partial charge in [0.1, 0.15) is 0 Å². The predicted octanol–water partition coefficient (Wildman–Crippen LogP) is 1.77. The van der Waals surface area contributed by atoms with Crippen LogP contribution in [-0.2, 0) is 10.1 Å². The van der Waals surface area contributed by atoms with Crippen molar-refractivity contribution in [2.24, 2.45) is 0 Å². The molecule has 0 radical (unpaired) electrons. The van der Waals surface area contributed by atoms with Crippen LogP contribution in [0, 0.1) is 6.92 Å². The Hall–Kier alpha value is -0.950. The third-order valence-electron chi connectivity index (χ3n) is 2.60. The highest BCUT2D eigenvalue weighted by atomic mass is 32.2. The summed E-state index contributed by atoms with van der Waals surface area (Å²) in [6.45, 7) is 5.54. The standard InChI is InChI=1S/C7H8O3S.C6H14O2/c1-6-2-4-7(5-3-6)11(8,9)10;1-3-5(7)6(8)4-2/h2-5H,1H3,(H,8,9,10);5-8H,3-4H2,1-2H3. The summed E-state index contributed by atoms with van der Waals surface area (Å²) in [4.78, 5) is -0.0666. The molecular weight excluding hydrogens is 268 g/mol. The molecule has 110 valence electrons. The van der Waals surface area contributed by atoms with Gasteiger partial charge in [-0.1, -0.05) is 31.5 Å². The van der Waals surface area contributed by atoms with Crippen molar-refractivity contribution < 1.29 is 23.2 Å². The van der Waals surface area contributed by atoms with Crippen molar-refractivity contribution in [1.29, 1.82) is 0 Å². The van der Waals surface area contributed by atoms with E-state index in [-0.39, 0.29) is 4.90 Å². The average molecular weight is 290 g/mol. The summed E-state index contributed by atoms with van der Waals surface area (Å²) in [6, 6.07) is 5.99. The van der Waals surface area contributed by atoms with Crippen molar-refractivity contribution in [3.05, 3.63) is 29.8 Å². The first-order valence-electron chi connectivity index (χ1n) is 6.12. The van der Waals surface area contributed by atoms with E-state index in [9.17, 15) is 8.42 Å². The second-order valence-corrected chi connectivity index (χ2v) is 5.66. The lowest BCUT2D eigenvalue weighted by Crippen LogP contribution is -2.23. The number of aliphatic hydroxyl groups is 2. The van der Waals surface area contributed by atoms with Gasteiger partial charge >= 0.3 is 0 Å². The van der Waals surface area contributed by atoms with Gasteiger partial charge in [0.15, 0.2) is 0 Å². The lowest BCUT2D eigenvalue weighted by Gasteiger charge is -2.12. The number of hydrogen-bond donors (Lipinski definition) is 3. The van der Waals surface area contributed by atoms with E-state index in [0.29, 0.717) is 12.8 Å². The molecule has 0 aromatic heterocycles. The van der Waals surface area contributed by atoms with Crippen molar-refractivity contribution in [2.45, 2.75) is 50.7 Å². The first-order valence-corrected chi connectivity index (χ1v) is 7.56. The molecule has 6 heteroatoms. The van der Waals surface area contributed by atoms with Gasteiger partial charge in [-0.15, -0.1) is 0 Å². The molecule has 3 N–H and O–H groups in total. The molecule has 5 nitrogen and oxygen atoms in total. The van der Waals surface area contributed by atoms with Crippen molar-refractivity contribution in [1.82, 2.24) is 0 Å². The van der Waals surface area contributed by atoms with E-state index in [1.54, 1.807) is 12.1 Å². The summed E-state index contributed by atoms with van der Waals surface area (Å²) in [7, 11) is -4.02. The van der Waals surface area contributed by atoms with Crippen LogP contribution in [0.1, 0.15) is 32.3 Å². The topological polar surface area (TPSA) is 94.8 Å². The Labute approximate surface area is 114 Å². The Kier molecular flexibility index (Phi) is 7.85. The molecule has 19 heavy (non-hydrogen) atoms. The van der Waals surface area contributed by atoms with Crippen LogP contribution in [0.3, 0.4) is 0 Å². The minimum atomic E-state index is -4.02. The molecule has 0 saturated heterocycles. The minimum Gasteiger partial charge on any atom is -0.390 e. The van der Waals surface area contributed by atoms with E-state index < -0.39 is 22.3 Å². The summed E-state index contributed by atoms with van der Waals surface area (Å²) in [5.41, 5.74) is 0.956. The maximum Gasteiger partial charge on any atom is 0.294 e. The zero-order valence-electron chi connectivity index (χ0n) is 11.4. The van der Waals surface area contributed by atoms with Gasteiger partial charge in [-0.05, 0) is 31.9 Å². The number of aryl methyl sites for hydroxylation is 1. The van der Waals surface area contributed by atoms with Crippen LogP contribution >= 0.6 is 0 Å². The monoisotopic (exact) mass is 290 g/mol. The minimum absolute atomic E-state index is 0.0666. The van der Waals surface area contributed by atoms with E-state index in [0.717, 1.165) is 5.56 Å². The summed E-state index contributed by atoms with van der Waals surface area (Å²) in [5.74, 6) is 0. The van der Waals surface area contributed by atoms with Gasteiger partial charge < -0.3 is 10.2 Å². The highest BCUT2D eigenvalue weighted by Gasteiger charge is 2.09. The van der Waals surface area contributed by atoms with Crippen molar-refractivity contribution in [3.8, 4) is 0 Å². The van der Waals surface area contributed by atoms with Crippen LogP contribution in [-0.4, -0.2) is 35.4 Å². The first-order chi connectivity index (χ1) is 8.72. The quantitative estimate of drug-likeness (QED) is 0.735. The van der Waals surface area contributed by atoms with Gasteiger partial charge in [-0.25, -0.2) is 0 Å². The number of aliphatic hydroxyl groups excluding tert-OH is 2. The lowest BCUT2D eigenvalue weighted by atomic mass is 10.1. The fourth-order valence-corrected chi connectivity index (χ4v) is 1.73. The SMILES string of the molecule is CCC(O)C(O)CC.Cc1ccc(S(=O)(=O)O)cc1. The maximum atomic E-state index is 10.5. The summed E-state index contributed by atoms with van der Waals surface area (Å²) < 4.78 is 29.6. The lowest BCUT2D eigenvalue weighted by molar-refractivity contribution is 0.0157. The molecule has 0 heterocycles. The van der Waals surface area contributed by atoms with Gasteiger partial charge in [-0.3, -0.25) is 4.55 Å². The summed E-state index contributed by atoms with van der Waals surface area (Å²) in [5, 5.41) is 17.8. The predicted molar refractivity (Wildman–Crippen MR) is 73.6 cm³/mol. The van der Waals surface area contributed by atoms with Crippen molar-refractivity contribution >= 4 is 10.1 Å². The molecule has 0 bridgehead atoms. The van der Waals surface area contributed by atoms with Crippen LogP contribution in [0.25, 0.3) is 0 Å². The highest BCUT2D eigenvalue weighted by molar-refractivity contribution is 7.85. The molecule has 0 amide bonds. The fourth-order valence-electron chi connectivity index (χ4n) is 1.25. The first kappa shape index (κ1) is 18.0. The second-order valence-electron chi connectivity index (χ2n) is 4.24. The molecular formula is C13H22O5S. The molecule has 0 aliphatic heterocycles. The van der Waals surface area contributed by atoms with Gasteiger partial charge in [0.05, 0.1) is 17.1 Å². The van der Waals surface area contributed by atoms with Gasteiger partial charge in [0.2, 0.25) is 0 Å². The largest absolute Gasteiger partial charge is 0.390 e. The third kappa shape index (κ3) is 7.27. The molecule has 0 aliphatic rings. The maximum absolute atomic E-state index is 10.5. The molecule has 0 aliphatic carbocycles. The van der Waals surface area contributed by atoms with Crippen LogP contribution in [0.15, 0.2) is 29.2 Å². The zero-order chi connectivity index (χ0) is 15.1. The van der Waals surface area contributed by atoms with E-state index in [2.05, 4.69) is 0 Å². The fraction of sp³-hybridized carbons (Fsp3) is 0.538. The summed E-state index contributed by atoms with van der Waals surface area (Å²) >= 11 is 0. The molecule has 1 rings (SSSR count). The normalized spacial score (nSPS) is 14.2. The van der Waals surface area contributed by atoms with Gasteiger partial charge in [0, 0.05) is 0 Å². The van der Waals surface area contributed by atoms with E-state index in [1.807, 2.05) is 20.8 Å². The number of rotatable bonds is 4. The molecule has 0 saturated carbocycles. The molecule has 1 aromatic carbocycles.